The Morgan fingerprint density at radius 2 is 2.06 bits per heavy atom. The molecule has 1 aromatic rings. The molecule has 0 aliphatic carbocycles. The van der Waals surface area contributed by atoms with Gasteiger partial charge in [-0.3, -0.25) is 0 Å². The molecular formula is C14H24N2O. The number of hydrogen-bond donors (Lipinski definition) is 1. The molecule has 3 nitrogen and oxygen atoms in total. The summed E-state index contributed by atoms with van der Waals surface area (Å²) in [5.41, 5.74) is 0.991. The molecule has 0 aromatic carbocycles. The number of pyridine rings is 1. The van der Waals surface area contributed by atoms with Crippen molar-refractivity contribution in [2.75, 3.05) is 11.9 Å². The number of hydrogen-bond acceptors (Lipinski definition) is 3. The summed E-state index contributed by atoms with van der Waals surface area (Å²) in [5.74, 6) is 1.45. The highest BCUT2D eigenvalue weighted by Crippen LogP contribution is 2.22. The highest BCUT2D eigenvalue weighted by Gasteiger charge is 2.08. The summed E-state index contributed by atoms with van der Waals surface area (Å²) in [5, 5.41) is 3.46. The maximum absolute atomic E-state index is 5.49. The van der Waals surface area contributed by atoms with Crippen LogP contribution in [0.3, 0.4) is 0 Å². The SMILES string of the molecule is CCOc1ncccc1NC(C)CCC(C)C. The first-order valence-electron chi connectivity index (χ1n) is 6.47. The van der Waals surface area contributed by atoms with Gasteiger partial charge in [-0.15, -0.1) is 0 Å². The lowest BCUT2D eigenvalue weighted by Gasteiger charge is -2.18. The van der Waals surface area contributed by atoms with Crippen LogP contribution < -0.4 is 10.1 Å². The number of rotatable bonds is 7. The number of anilines is 1. The van der Waals surface area contributed by atoms with Crippen molar-refractivity contribution in [1.82, 2.24) is 4.98 Å². The van der Waals surface area contributed by atoms with E-state index < -0.39 is 0 Å². The van der Waals surface area contributed by atoms with Crippen LogP contribution in [-0.2, 0) is 0 Å². The van der Waals surface area contributed by atoms with Crippen molar-refractivity contribution in [2.45, 2.75) is 46.6 Å². The molecule has 0 saturated carbocycles. The van der Waals surface area contributed by atoms with Crippen molar-refractivity contribution >= 4 is 5.69 Å². The number of aromatic nitrogens is 1. The Kier molecular flexibility index (Phi) is 5.81. The molecule has 0 bridgehead atoms. The third-order valence-electron chi connectivity index (χ3n) is 2.63. The molecule has 17 heavy (non-hydrogen) atoms. The van der Waals surface area contributed by atoms with Gasteiger partial charge in [0.25, 0.3) is 0 Å². The first kappa shape index (κ1) is 13.8. The van der Waals surface area contributed by atoms with Gasteiger partial charge in [-0.25, -0.2) is 4.98 Å². The predicted octanol–water partition coefficient (Wildman–Crippen LogP) is 3.72. The van der Waals surface area contributed by atoms with E-state index in [1.165, 1.54) is 6.42 Å². The van der Waals surface area contributed by atoms with Crippen LogP contribution in [0.4, 0.5) is 5.69 Å². The summed E-state index contributed by atoms with van der Waals surface area (Å²) < 4.78 is 5.49. The van der Waals surface area contributed by atoms with Crippen LogP contribution in [0.15, 0.2) is 18.3 Å². The summed E-state index contributed by atoms with van der Waals surface area (Å²) >= 11 is 0. The van der Waals surface area contributed by atoms with Crippen LogP contribution >= 0.6 is 0 Å². The lowest BCUT2D eigenvalue weighted by molar-refractivity contribution is 0.328. The van der Waals surface area contributed by atoms with Crippen molar-refractivity contribution in [3.05, 3.63) is 18.3 Å². The van der Waals surface area contributed by atoms with Crippen LogP contribution in [0.5, 0.6) is 5.88 Å². The molecule has 0 aliphatic heterocycles. The van der Waals surface area contributed by atoms with Crippen molar-refractivity contribution in [3.8, 4) is 5.88 Å². The van der Waals surface area contributed by atoms with E-state index in [2.05, 4.69) is 31.1 Å². The second-order valence-electron chi connectivity index (χ2n) is 4.81. The minimum atomic E-state index is 0.445. The van der Waals surface area contributed by atoms with Crippen LogP contribution in [0.2, 0.25) is 0 Å². The Labute approximate surface area is 105 Å². The van der Waals surface area contributed by atoms with Gasteiger partial charge in [0.2, 0.25) is 5.88 Å². The maximum Gasteiger partial charge on any atom is 0.237 e. The first-order valence-corrected chi connectivity index (χ1v) is 6.47. The van der Waals surface area contributed by atoms with Gasteiger partial charge in [0.1, 0.15) is 0 Å². The van der Waals surface area contributed by atoms with Gasteiger partial charge < -0.3 is 10.1 Å². The quantitative estimate of drug-likeness (QED) is 0.783. The van der Waals surface area contributed by atoms with E-state index in [0.29, 0.717) is 18.5 Å². The highest BCUT2D eigenvalue weighted by atomic mass is 16.5. The molecule has 96 valence electrons. The second-order valence-corrected chi connectivity index (χ2v) is 4.81. The molecule has 3 heteroatoms. The Hall–Kier alpha value is -1.25. The average molecular weight is 236 g/mol. The molecule has 0 radical (unpaired) electrons. The topological polar surface area (TPSA) is 34.1 Å². The zero-order chi connectivity index (χ0) is 12.7. The maximum atomic E-state index is 5.49. The van der Waals surface area contributed by atoms with Crippen molar-refractivity contribution in [3.63, 3.8) is 0 Å². The second kappa shape index (κ2) is 7.15. The fourth-order valence-electron chi connectivity index (χ4n) is 1.67. The van der Waals surface area contributed by atoms with Gasteiger partial charge in [0.15, 0.2) is 0 Å². The van der Waals surface area contributed by atoms with Crippen molar-refractivity contribution < 1.29 is 4.74 Å². The summed E-state index contributed by atoms with van der Waals surface area (Å²) in [6.45, 7) is 9.32. The number of ether oxygens (including phenoxy) is 1. The Morgan fingerprint density at radius 1 is 1.29 bits per heavy atom. The van der Waals surface area contributed by atoms with Crippen molar-refractivity contribution in [2.24, 2.45) is 5.92 Å². The molecule has 1 heterocycles. The fraction of sp³-hybridized carbons (Fsp3) is 0.643. The van der Waals surface area contributed by atoms with Gasteiger partial charge in [-0.2, -0.15) is 0 Å². The predicted molar refractivity (Wildman–Crippen MR) is 72.6 cm³/mol. The van der Waals surface area contributed by atoms with Gasteiger partial charge in [0.05, 0.1) is 12.3 Å². The number of nitrogens with one attached hydrogen (secondary N) is 1. The molecule has 1 rings (SSSR count). The molecule has 0 aliphatic rings. The number of nitrogens with zero attached hydrogens (tertiary/aromatic N) is 1. The first-order chi connectivity index (χ1) is 8.13. The standard InChI is InChI=1S/C14H24N2O/c1-5-17-14-13(7-6-10-15-14)16-12(4)9-8-11(2)3/h6-7,10-12,16H,5,8-9H2,1-4H3. The lowest BCUT2D eigenvalue weighted by atomic mass is 10.0. The summed E-state index contributed by atoms with van der Waals surface area (Å²) in [7, 11) is 0. The third-order valence-corrected chi connectivity index (χ3v) is 2.63. The smallest absolute Gasteiger partial charge is 0.237 e. The summed E-state index contributed by atoms with van der Waals surface area (Å²) in [6, 6.07) is 4.39. The van der Waals surface area contributed by atoms with Crippen LogP contribution in [-0.4, -0.2) is 17.6 Å². The van der Waals surface area contributed by atoms with E-state index in [-0.39, 0.29) is 0 Å². The zero-order valence-electron chi connectivity index (χ0n) is 11.4. The molecule has 0 amide bonds. The summed E-state index contributed by atoms with van der Waals surface area (Å²) in [4.78, 5) is 4.23. The Morgan fingerprint density at radius 3 is 2.71 bits per heavy atom. The van der Waals surface area contributed by atoms with Crippen molar-refractivity contribution in [1.29, 1.82) is 0 Å². The molecule has 1 atom stereocenters. The molecule has 0 fully saturated rings. The van der Waals surface area contributed by atoms with Crippen LogP contribution in [0.25, 0.3) is 0 Å². The minimum Gasteiger partial charge on any atom is -0.476 e. The Balaban J connectivity index is 2.54. The molecule has 1 N–H and O–H groups in total. The third kappa shape index (κ3) is 5.07. The average Bonchev–Trinajstić information content (AvgIpc) is 2.29. The largest absolute Gasteiger partial charge is 0.476 e. The Bertz CT molecular complexity index is 326. The van der Waals surface area contributed by atoms with Crippen LogP contribution in [0, 0.1) is 5.92 Å². The van der Waals surface area contributed by atoms with Crippen LogP contribution in [0.1, 0.15) is 40.5 Å². The van der Waals surface area contributed by atoms with E-state index in [1.807, 2.05) is 19.1 Å². The van der Waals surface area contributed by atoms with E-state index in [1.54, 1.807) is 6.20 Å². The lowest BCUT2D eigenvalue weighted by Crippen LogP contribution is -2.16. The molecule has 1 aromatic heterocycles. The zero-order valence-corrected chi connectivity index (χ0v) is 11.4. The normalized spacial score (nSPS) is 12.5. The molecule has 1 unspecified atom stereocenters. The fourth-order valence-corrected chi connectivity index (χ4v) is 1.67. The monoisotopic (exact) mass is 236 g/mol. The molecular weight excluding hydrogens is 212 g/mol. The van der Waals surface area contributed by atoms with Gasteiger partial charge in [-0.1, -0.05) is 13.8 Å². The van der Waals surface area contributed by atoms with E-state index in [0.717, 1.165) is 18.0 Å². The summed E-state index contributed by atoms with van der Waals surface area (Å²) in [6.07, 6.45) is 4.16. The van der Waals surface area contributed by atoms with Gasteiger partial charge >= 0.3 is 0 Å². The van der Waals surface area contributed by atoms with E-state index in [4.69, 9.17) is 4.74 Å². The minimum absolute atomic E-state index is 0.445. The highest BCUT2D eigenvalue weighted by molar-refractivity contribution is 5.52. The van der Waals surface area contributed by atoms with E-state index >= 15 is 0 Å². The van der Waals surface area contributed by atoms with Gasteiger partial charge in [0, 0.05) is 12.2 Å². The van der Waals surface area contributed by atoms with E-state index in [9.17, 15) is 0 Å². The molecule has 0 saturated heterocycles. The molecule has 0 spiro atoms. The van der Waals surface area contributed by atoms with Gasteiger partial charge in [-0.05, 0) is 44.7 Å².